The average Bonchev–Trinajstić information content (AvgIpc) is 2.98. The zero-order chi connectivity index (χ0) is 15.4. The molecule has 1 heterocycles. The third-order valence-corrected chi connectivity index (χ3v) is 4.73. The summed E-state index contributed by atoms with van der Waals surface area (Å²) in [5.41, 5.74) is 6.11. The molecule has 22 heavy (non-hydrogen) atoms. The highest BCUT2D eigenvalue weighted by molar-refractivity contribution is 5.85. The Kier molecular flexibility index (Phi) is 7.59. The minimum absolute atomic E-state index is 0. The first-order chi connectivity index (χ1) is 10.0. The van der Waals surface area contributed by atoms with Crippen molar-refractivity contribution in [3.63, 3.8) is 0 Å². The van der Waals surface area contributed by atoms with Crippen molar-refractivity contribution in [2.24, 2.45) is 17.6 Å². The molecule has 2 fully saturated rings. The normalized spacial score (nSPS) is 27.1. The molecule has 0 aromatic heterocycles. The van der Waals surface area contributed by atoms with Crippen molar-refractivity contribution in [1.29, 1.82) is 0 Å². The number of nitrogens with zero attached hydrogens (tertiary/aromatic N) is 2. The first-order valence-electron chi connectivity index (χ1n) is 7.99. The Morgan fingerprint density at radius 1 is 1.32 bits per heavy atom. The van der Waals surface area contributed by atoms with Gasteiger partial charge in [0.15, 0.2) is 0 Å². The molecule has 0 spiro atoms. The summed E-state index contributed by atoms with van der Waals surface area (Å²) >= 11 is 0. The summed E-state index contributed by atoms with van der Waals surface area (Å²) in [5, 5.41) is 2.79. The highest BCUT2D eigenvalue weighted by Gasteiger charge is 2.41. The Labute approximate surface area is 139 Å². The number of halogens is 1. The fourth-order valence-electron chi connectivity index (χ4n) is 3.46. The number of nitrogens with two attached hydrogens (primary N) is 1. The molecule has 2 aliphatic rings. The van der Waals surface area contributed by atoms with Gasteiger partial charge in [-0.05, 0) is 31.1 Å². The molecule has 0 aromatic rings. The molecule has 3 N–H and O–H groups in total. The predicted molar refractivity (Wildman–Crippen MR) is 88.8 cm³/mol. The van der Waals surface area contributed by atoms with E-state index in [1.54, 1.807) is 7.05 Å². The second-order valence-electron chi connectivity index (χ2n) is 6.46. The Hall–Kier alpha value is -0.850. The van der Waals surface area contributed by atoms with Gasteiger partial charge in [-0.15, -0.1) is 12.4 Å². The maximum atomic E-state index is 12.2. The molecule has 1 aliphatic heterocycles. The van der Waals surface area contributed by atoms with Crippen molar-refractivity contribution >= 4 is 24.2 Å². The minimum Gasteiger partial charge on any atom is -0.355 e. The molecule has 2 amide bonds. The van der Waals surface area contributed by atoms with E-state index in [2.05, 4.69) is 10.2 Å². The van der Waals surface area contributed by atoms with Crippen molar-refractivity contribution in [3.05, 3.63) is 0 Å². The Morgan fingerprint density at radius 3 is 2.68 bits per heavy atom. The van der Waals surface area contributed by atoms with Gasteiger partial charge in [-0.2, -0.15) is 0 Å². The molecule has 1 saturated carbocycles. The van der Waals surface area contributed by atoms with Crippen molar-refractivity contribution in [2.75, 3.05) is 39.8 Å². The van der Waals surface area contributed by atoms with Gasteiger partial charge in [0.25, 0.3) is 0 Å². The van der Waals surface area contributed by atoms with Crippen LogP contribution in [0.15, 0.2) is 0 Å². The van der Waals surface area contributed by atoms with Gasteiger partial charge in [-0.1, -0.05) is 6.92 Å². The fraction of sp³-hybridized carbons (Fsp3) is 0.867. The number of fused-ring (bicyclic) bond motifs is 1. The van der Waals surface area contributed by atoms with Crippen LogP contribution in [0.1, 0.15) is 26.2 Å². The zero-order valence-electron chi connectivity index (χ0n) is 13.6. The molecule has 3 atom stereocenters. The van der Waals surface area contributed by atoms with Gasteiger partial charge in [0.2, 0.25) is 11.8 Å². The van der Waals surface area contributed by atoms with Gasteiger partial charge in [0.05, 0.1) is 13.1 Å². The SMILES string of the molecule is CCCNC(=O)CN(C)C(=O)CN1CC2CCC(N)C2C1.Cl. The second kappa shape index (κ2) is 8.70. The number of carbonyl (C=O) groups excluding carboxylic acids is 2. The molecule has 2 rings (SSSR count). The molecule has 0 bridgehead atoms. The van der Waals surface area contributed by atoms with E-state index in [-0.39, 0.29) is 30.8 Å². The lowest BCUT2D eigenvalue weighted by molar-refractivity contribution is -0.135. The number of likely N-dealkylation sites (tertiary alicyclic amines) is 1. The van der Waals surface area contributed by atoms with Crippen LogP contribution in [-0.2, 0) is 9.59 Å². The maximum Gasteiger partial charge on any atom is 0.239 e. The van der Waals surface area contributed by atoms with Crippen LogP contribution < -0.4 is 11.1 Å². The monoisotopic (exact) mass is 332 g/mol. The number of carbonyl (C=O) groups is 2. The van der Waals surface area contributed by atoms with Gasteiger partial charge in [0, 0.05) is 32.7 Å². The van der Waals surface area contributed by atoms with E-state index in [9.17, 15) is 9.59 Å². The lowest BCUT2D eigenvalue weighted by atomic mass is 9.98. The van der Waals surface area contributed by atoms with Crippen LogP contribution in [0.3, 0.4) is 0 Å². The summed E-state index contributed by atoms with van der Waals surface area (Å²) in [6.07, 6.45) is 3.21. The molecule has 0 radical (unpaired) electrons. The van der Waals surface area contributed by atoms with Crippen molar-refractivity contribution in [3.8, 4) is 0 Å². The van der Waals surface area contributed by atoms with Crippen molar-refractivity contribution < 1.29 is 9.59 Å². The van der Waals surface area contributed by atoms with Gasteiger partial charge in [-0.25, -0.2) is 0 Å². The average molecular weight is 333 g/mol. The Balaban J connectivity index is 0.00000242. The molecule has 7 heteroatoms. The molecular weight excluding hydrogens is 304 g/mol. The quantitative estimate of drug-likeness (QED) is 0.721. The third kappa shape index (κ3) is 4.83. The summed E-state index contributed by atoms with van der Waals surface area (Å²) in [6.45, 7) is 5.10. The van der Waals surface area contributed by atoms with Gasteiger partial charge >= 0.3 is 0 Å². The molecule has 1 aliphatic carbocycles. The first-order valence-corrected chi connectivity index (χ1v) is 7.99. The number of nitrogens with one attached hydrogen (secondary N) is 1. The topological polar surface area (TPSA) is 78.7 Å². The number of likely N-dealkylation sites (N-methyl/N-ethyl adjacent to an activating group) is 1. The Morgan fingerprint density at radius 2 is 2.05 bits per heavy atom. The molecular formula is C15H29ClN4O2. The first kappa shape index (κ1) is 19.2. The van der Waals surface area contributed by atoms with Crippen LogP contribution in [0.5, 0.6) is 0 Å². The largest absolute Gasteiger partial charge is 0.355 e. The van der Waals surface area contributed by atoms with E-state index in [1.807, 2.05) is 6.92 Å². The highest BCUT2D eigenvalue weighted by Crippen LogP contribution is 2.36. The van der Waals surface area contributed by atoms with E-state index in [0.29, 0.717) is 31.0 Å². The smallest absolute Gasteiger partial charge is 0.239 e. The van der Waals surface area contributed by atoms with Gasteiger partial charge in [0.1, 0.15) is 0 Å². The summed E-state index contributed by atoms with van der Waals surface area (Å²) in [5.74, 6) is 1.13. The second-order valence-corrected chi connectivity index (χ2v) is 6.46. The summed E-state index contributed by atoms with van der Waals surface area (Å²) < 4.78 is 0. The number of rotatable bonds is 6. The highest BCUT2D eigenvalue weighted by atomic mass is 35.5. The number of hydrogen-bond donors (Lipinski definition) is 2. The lowest BCUT2D eigenvalue weighted by Crippen LogP contribution is -2.43. The van der Waals surface area contributed by atoms with E-state index >= 15 is 0 Å². The molecule has 1 saturated heterocycles. The molecule has 0 aromatic carbocycles. The van der Waals surface area contributed by atoms with E-state index in [4.69, 9.17) is 5.73 Å². The van der Waals surface area contributed by atoms with E-state index in [1.165, 1.54) is 11.3 Å². The molecule has 3 unspecified atom stereocenters. The predicted octanol–water partition coefficient (Wildman–Crippen LogP) is 0.0619. The summed E-state index contributed by atoms with van der Waals surface area (Å²) in [4.78, 5) is 27.5. The summed E-state index contributed by atoms with van der Waals surface area (Å²) in [7, 11) is 1.69. The van der Waals surface area contributed by atoms with Crippen LogP contribution in [0.25, 0.3) is 0 Å². The third-order valence-electron chi connectivity index (χ3n) is 4.73. The molecule has 128 valence electrons. The lowest BCUT2D eigenvalue weighted by Gasteiger charge is -2.22. The van der Waals surface area contributed by atoms with Gasteiger partial charge < -0.3 is 16.0 Å². The molecule has 6 nitrogen and oxygen atoms in total. The van der Waals surface area contributed by atoms with Crippen molar-refractivity contribution in [2.45, 2.75) is 32.2 Å². The maximum absolute atomic E-state index is 12.2. The number of hydrogen-bond acceptors (Lipinski definition) is 4. The van der Waals surface area contributed by atoms with E-state index in [0.717, 1.165) is 25.9 Å². The van der Waals surface area contributed by atoms with E-state index < -0.39 is 0 Å². The standard InChI is InChI=1S/C15H28N4O2.ClH/c1-3-6-17-14(20)9-18(2)15(21)10-19-7-11-4-5-13(16)12(11)8-19;/h11-13H,3-10,16H2,1-2H3,(H,17,20);1H. The zero-order valence-corrected chi connectivity index (χ0v) is 14.4. The minimum atomic E-state index is -0.0898. The van der Waals surface area contributed by atoms with Crippen LogP contribution in [0.2, 0.25) is 0 Å². The van der Waals surface area contributed by atoms with Crippen LogP contribution in [0.4, 0.5) is 0 Å². The van der Waals surface area contributed by atoms with Crippen LogP contribution in [-0.4, -0.2) is 67.4 Å². The van der Waals surface area contributed by atoms with Crippen LogP contribution in [0, 0.1) is 11.8 Å². The number of amides is 2. The fourth-order valence-corrected chi connectivity index (χ4v) is 3.46. The van der Waals surface area contributed by atoms with Gasteiger partial charge in [-0.3, -0.25) is 14.5 Å². The Bertz CT molecular complexity index is 394. The van der Waals surface area contributed by atoms with Crippen LogP contribution >= 0.6 is 12.4 Å². The summed E-state index contributed by atoms with van der Waals surface area (Å²) in [6, 6.07) is 0.299. The van der Waals surface area contributed by atoms with Crippen molar-refractivity contribution in [1.82, 2.24) is 15.1 Å².